The van der Waals surface area contributed by atoms with E-state index in [2.05, 4.69) is 73.3 Å². The monoisotopic (exact) mass is 385 g/mol. The van der Waals surface area contributed by atoms with Crippen molar-refractivity contribution in [1.82, 2.24) is 4.90 Å². The zero-order valence-electron chi connectivity index (χ0n) is 17.0. The molecule has 29 heavy (non-hydrogen) atoms. The minimum atomic E-state index is -0.723. The van der Waals surface area contributed by atoms with Crippen LogP contribution in [0.4, 0.5) is 0 Å². The van der Waals surface area contributed by atoms with Gasteiger partial charge in [-0.05, 0) is 54.5 Å². The van der Waals surface area contributed by atoms with Crippen molar-refractivity contribution in [2.45, 2.75) is 38.8 Å². The highest BCUT2D eigenvalue weighted by Gasteiger charge is 2.37. The molecule has 0 bridgehead atoms. The van der Waals surface area contributed by atoms with Crippen LogP contribution in [0.2, 0.25) is 0 Å². The van der Waals surface area contributed by atoms with Crippen molar-refractivity contribution < 1.29 is 9.90 Å². The van der Waals surface area contributed by atoms with Gasteiger partial charge in [0, 0.05) is 6.54 Å². The number of aliphatic carboxylic acids is 1. The fourth-order valence-corrected chi connectivity index (χ4v) is 4.46. The van der Waals surface area contributed by atoms with Crippen LogP contribution < -0.4 is 0 Å². The van der Waals surface area contributed by atoms with Crippen LogP contribution in [0, 0.1) is 13.8 Å². The number of benzene rings is 3. The van der Waals surface area contributed by atoms with Crippen molar-refractivity contribution in [3.8, 4) is 11.1 Å². The summed E-state index contributed by atoms with van der Waals surface area (Å²) in [5, 5.41) is 9.80. The summed E-state index contributed by atoms with van der Waals surface area (Å²) in [6, 6.07) is 24.9. The van der Waals surface area contributed by atoms with E-state index in [1.54, 1.807) is 0 Å². The van der Waals surface area contributed by atoms with Crippen LogP contribution in [-0.4, -0.2) is 28.6 Å². The maximum Gasteiger partial charge on any atom is 0.320 e. The van der Waals surface area contributed by atoms with Crippen LogP contribution in [-0.2, 0) is 4.79 Å². The van der Waals surface area contributed by atoms with Crippen molar-refractivity contribution >= 4 is 5.97 Å². The van der Waals surface area contributed by atoms with Crippen molar-refractivity contribution in [1.29, 1.82) is 0 Å². The van der Waals surface area contributed by atoms with Gasteiger partial charge in [0.2, 0.25) is 0 Å². The highest BCUT2D eigenvalue weighted by molar-refractivity contribution is 5.74. The third-order valence-corrected chi connectivity index (χ3v) is 5.97. The molecule has 3 heteroatoms. The molecule has 0 spiro atoms. The predicted octanol–water partition coefficient (Wildman–Crippen LogP) is 5.61. The minimum absolute atomic E-state index is 0.0525. The second-order valence-electron chi connectivity index (χ2n) is 7.98. The second-order valence-corrected chi connectivity index (χ2v) is 7.98. The quantitative estimate of drug-likeness (QED) is 0.621. The lowest BCUT2D eigenvalue weighted by Gasteiger charge is -2.33. The Kier molecular flexibility index (Phi) is 5.50. The number of rotatable bonds is 5. The van der Waals surface area contributed by atoms with Gasteiger partial charge in [-0.2, -0.15) is 0 Å². The van der Waals surface area contributed by atoms with Crippen LogP contribution in [0.5, 0.6) is 0 Å². The molecule has 148 valence electrons. The molecular formula is C26H27NO2. The van der Waals surface area contributed by atoms with Gasteiger partial charge in [0.1, 0.15) is 6.04 Å². The molecule has 1 N–H and O–H groups in total. The average Bonchev–Trinajstić information content (AvgIpc) is 3.22. The van der Waals surface area contributed by atoms with E-state index in [0.717, 1.165) is 18.5 Å². The van der Waals surface area contributed by atoms with Crippen LogP contribution in [0.3, 0.4) is 0 Å². The Morgan fingerprint density at radius 3 is 2.34 bits per heavy atom. The molecule has 0 radical (unpaired) electrons. The van der Waals surface area contributed by atoms with Gasteiger partial charge in [-0.1, -0.05) is 78.4 Å². The van der Waals surface area contributed by atoms with E-state index >= 15 is 0 Å². The van der Waals surface area contributed by atoms with E-state index in [-0.39, 0.29) is 6.04 Å². The molecule has 3 nitrogen and oxygen atoms in total. The SMILES string of the molecule is Cc1ccc(C)c(C(c2ccc(-c3ccccc3)cc2)N2CCCC2C(=O)O)c1. The van der Waals surface area contributed by atoms with Gasteiger partial charge >= 0.3 is 5.97 Å². The van der Waals surface area contributed by atoms with E-state index in [1.165, 1.54) is 27.8 Å². The van der Waals surface area contributed by atoms with E-state index in [9.17, 15) is 9.90 Å². The fourth-order valence-electron chi connectivity index (χ4n) is 4.46. The van der Waals surface area contributed by atoms with E-state index < -0.39 is 12.0 Å². The van der Waals surface area contributed by atoms with Crippen molar-refractivity contribution in [2.24, 2.45) is 0 Å². The van der Waals surface area contributed by atoms with Crippen LogP contribution in [0.1, 0.15) is 41.1 Å². The van der Waals surface area contributed by atoms with Crippen LogP contribution in [0.15, 0.2) is 72.8 Å². The maximum atomic E-state index is 11.9. The Morgan fingerprint density at radius 2 is 1.66 bits per heavy atom. The molecule has 3 aromatic rings. The number of aryl methyl sites for hydroxylation is 2. The Morgan fingerprint density at radius 1 is 0.966 bits per heavy atom. The molecule has 4 rings (SSSR count). The molecule has 2 unspecified atom stereocenters. The lowest BCUT2D eigenvalue weighted by Crippen LogP contribution is -2.39. The van der Waals surface area contributed by atoms with Crippen molar-refractivity contribution in [3.05, 3.63) is 95.1 Å². The number of carboxylic acid groups (broad SMARTS) is 1. The zero-order valence-corrected chi connectivity index (χ0v) is 17.0. The topological polar surface area (TPSA) is 40.5 Å². The molecule has 1 aliphatic rings. The van der Waals surface area contributed by atoms with Gasteiger partial charge in [0.05, 0.1) is 6.04 Å². The Labute approximate surface area is 172 Å². The first-order valence-corrected chi connectivity index (χ1v) is 10.3. The summed E-state index contributed by atoms with van der Waals surface area (Å²) >= 11 is 0. The standard InChI is InChI=1S/C26H27NO2/c1-18-10-11-19(2)23(17-18)25(27-16-6-9-24(27)26(28)29)22-14-12-21(13-15-22)20-7-4-3-5-8-20/h3-5,7-8,10-15,17,24-25H,6,9,16H2,1-2H3,(H,28,29). The zero-order chi connectivity index (χ0) is 20.4. The first-order chi connectivity index (χ1) is 14.0. The van der Waals surface area contributed by atoms with Crippen molar-refractivity contribution in [2.75, 3.05) is 6.54 Å². The largest absolute Gasteiger partial charge is 0.480 e. The maximum absolute atomic E-state index is 11.9. The summed E-state index contributed by atoms with van der Waals surface area (Å²) < 4.78 is 0. The molecule has 2 atom stereocenters. The summed E-state index contributed by atoms with van der Waals surface area (Å²) in [7, 11) is 0. The molecule has 1 fully saturated rings. The lowest BCUT2D eigenvalue weighted by molar-refractivity contribution is -0.142. The third kappa shape index (κ3) is 3.96. The molecule has 0 saturated carbocycles. The molecule has 1 aliphatic heterocycles. The number of carboxylic acids is 1. The van der Waals surface area contributed by atoms with E-state index in [4.69, 9.17) is 0 Å². The van der Waals surface area contributed by atoms with Crippen LogP contribution in [0.25, 0.3) is 11.1 Å². The number of carbonyl (C=O) groups is 1. The molecule has 3 aromatic carbocycles. The summed E-state index contributed by atoms with van der Waals surface area (Å²) in [5.41, 5.74) is 7.10. The fraction of sp³-hybridized carbons (Fsp3) is 0.269. The second kappa shape index (κ2) is 8.22. The summed E-state index contributed by atoms with van der Waals surface area (Å²) in [6.45, 7) is 5.01. The number of hydrogen-bond acceptors (Lipinski definition) is 2. The summed E-state index contributed by atoms with van der Waals surface area (Å²) in [4.78, 5) is 14.1. The first kappa shape index (κ1) is 19.4. The number of nitrogens with zero attached hydrogens (tertiary/aromatic N) is 1. The van der Waals surface area contributed by atoms with Gasteiger partial charge in [0.15, 0.2) is 0 Å². The van der Waals surface area contributed by atoms with Gasteiger partial charge in [0.25, 0.3) is 0 Å². The Bertz CT molecular complexity index is 995. The normalized spacial score (nSPS) is 17.9. The van der Waals surface area contributed by atoms with Crippen molar-refractivity contribution in [3.63, 3.8) is 0 Å². The first-order valence-electron chi connectivity index (χ1n) is 10.3. The van der Waals surface area contributed by atoms with E-state index in [0.29, 0.717) is 6.42 Å². The molecule has 0 amide bonds. The van der Waals surface area contributed by atoms with Gasteiger partial charge in [-0.25, -0.2) is 0 Å². The van der Waals surface area contributed by atoms with Crippen LogP contribution >= 0.6 is 0 Å². The molecule has 0 aromatic heterocycles. The minimum Gasteiger partial charge on any atom is -0.480 e. The third-order valence-electron chi connectivity index (χ3n) is 5.97. The number of likely N-dealkylation sites (tertiary alicyclic amines) is 1. The van der Waals surface area contributed by atoms with Gasteiger partial charge in [-0.15, -0.1) is 0 Å². The van der Waals surface area contributed by atoms with Gasteiger partial charge < -0.3 is 5.11 Å². The molecular weight excluding hydrogens is 358 g/mol. The Hall–Kier alpha value is -2.91. The smallest absolute Gasteiger partial charge is 0.320 e. The summed E-state index contributed by atoms with van der Waals surface area (Å²) in [6.07, 6.45) is 1.62. The predicted molar refractivity (Wildman–Crippen MR) is 117 cm³/mol. The molecule has 0 aliphatic carbocycles. The lowest BCUT2D eigenvalue weighted by atomic mass is 9.90. The number of hydrogen-bond donors (Lipinski definition) is 1. The Balaban J connectivity index is 1.78. The summed E-state index contributed by atoms with van der Waals surface area (Å²) in [5.74, 6) is -0.723. The van der Waals surface area contributed by atoms with Gasteiger partial charge in [-0.3, -0.25) is 9.69 Å². The molecule has 1 saturated heterocycles. The highest BCUT2D eigenvalue weighted by atomic mass is 16.4. The van der Waals surface area contributed by atoms with E-state index in [1.807, 2.05) is 18.2 Å². The average molecular weight is 386 g/mol. The molecule has 1 heterocycles. The highest BCUT2D eigenvalue weighted by Crippen LogP contribution is 2.37.